The van der Waals surface area contributed by atoms with Gasteiger partial charge >= 0.3 is 6.18 Å². The highest BCUT2D eigenvalue weighted by molar-refractivity contribution is 7.71. The first-order valence-electron chi connectivity index (χ1n) is 7.21. The fourth-order valence-corrected chi connectivity index (χ4v) is 2.91. The van der Waals surface area contributed by atoms with Crippen LogP contribution in [0.15, 0.2) is 29.4 Å². The number of benzene rings is 1. The Bertz CT molecular complexity index is 977. The van der Waals surface area contributed by atoms with Crippen LogP contribution in [0.4, 0.5) is 13.2 Å². The second-order valence-corrected chi connectivity index (χ2v) is 5.55. The zero-order valence-electron chi connectivity index (χ0n) is 12.9. The van der Waals surface area contributed by atoms with E-state index in [2.05, 4.69) is 19.9 Å². The first kappa shape index (κ1) is 16.4. The van der Waals surface area contributed by atoms with E-state index in [4.69, 9.17) is 12.2 Å². The summed E-state index contributed by atoms with van der Waals surface area (Å²) in [6, 6.07) is 7.68. The van der Waals surface area contributed by atoms with Gasteiger partial charge in [-0.05, 0) is 32.1 Å². The molecule has 0 fully saturated rings. The van der Waals surface area contributed by atoms with Crippen molar-refractivity contribution in [3.05, 3.63) is 46.1 Å². The molecule has 0 aliphatic carbocycles. The molecule has 0 atom stereocenters. The molecule has 0 bridgehead atoms. The van der Waals surface area contributed by atoms with Crippen molar-refractivity contribution in [2.24, 2.45) is 5.10 Å². The van der Waals surface area contributed by atoms with Gasteiger partial charge in [0.25, 0.3) is 5.82 Å². The summed E-state index contributed by atoms with van der Waals surface area (Å²) in [6.45, 7) is 4.66. The molecule has 3 aromatic rings. The topological polar surface area (TPSA) is 50.9 Å². The van der Waals surface area contributed by atoms with Gasteiger partial charge in [0.2, 0.25) is 4.77 Å². The van der Waals surface area contributed by atoms with Gasteiger partial charge in [-0.1, -0.05) is 18.2 Å². The number of aryl methyl sites for hydroxylation is 1. The van der Waals surface area contributed by atoms with E-state index in [1.807, 2.05) is 38.1 Å². The van der Waals surface area contributed by atoms with Gasteiger partial charge in [0.1, 0.15) is 0 Å². The van der Waals surface area contributed by atoms with Gasteiger partial charge in [0.15, 0.2) is 0 Å². The smallest absolute Gasteiger partial charge is 0.344 e. The summed E-state index contributed by atoms with van der Waals surface area (Å²) in [5, 5.41) is 10.2. The number of halogens is 3. The number of H-pyrrole nitrogens is 1. The molecule has 3 rings (SSSR count). The maximum absolute atomic E-state index is 13.0. The van der Waals surface area contributed by atoms with Crippen LogP contribution in [0.25, 0.3) is 10.9 Å². The first-order chi connectivity index (χ1) is 11.3. The van der Waals surface area contributed by atoms with Crippen molar-refractivity contribution >= 4 is 29.3 Å². The van der Waals surface area contributed by atoms with Gasteiger partial charge in [-0.3, -0.25) is 0 Å². The van der Waals surface area contributed by atoms with Crippen LogP contribution in [0.1, 0.15) is 24.0 Å². The second kappa shape index (κ2) is 5.90. The molecule has 0 saturated heterocycles. The number of aromatic amines is 1. The highest BCUT2D eigenvalue weighted by atomic mass is 32.1. The summed E-state index contributed by atoms with van der Waals surface area (Å²) >= 11 is 4.84. The van der Waals surface area contributed by atoms with E-state index in [-0.39, 0.29) is 4.77 Å². The van der Waals surface area contributed by atoms with Crippen molar-refractivity contribution in [1.29, 1.82) is 0 Å². The Balaban J connectivity index is 2.15. The van der Waals surface area contributed by atoms with E-state index >= 15 is 0 Å². The van der Waals surface area contributed by atoms with E-state index in [0.717, 1.165) is 28.7 Å². The van der Waals surface area contributed by atoms with E-state index in [1.165, 1.54) is 6.21 Å². The maximum Gasteiger partial charge on any atom is 0.453 e. The van der Waals surface area contributed by atoms with Crippen molar-refractivity contribution in [2.45, 2.75) is 26.6 Å². The predicted molar refractivity (Wildman–Crippen MR) is 87.8 cm³/mol. The number of para-hydroxylation sites is 1. The Morgan fingerprint density at radius 3 is 2.71 bits per heavy atom. The first-order valence-corrected chi connectivity index (χ1v) is 7.62. The summed E-state index contributed by atoms with van der Waals surface area (Å²) in [5.74, 6) is -1.18. The molecule has 9 heteroatoms. The molecule has 0 saturated carbocycles. The molecule has 2 heterocycles. The Morgan fingerprint density at radius 1 is 1.33 bits per heavy atom. The molecule has 0 aliphatic heterocycles. The SMILES string of the molecule is CCn1c(C)c(/C=N\n2c(C(F)(F)F)n[nH]c2=S)c2ccccc21. The fourth-order valence-electron chi connectivity index (χ4n) is 2.73. The molecule has 24 heavy (non-hydrogen) atoms. The Kier molecular flexibility index (Phi) is 4.04. The fraction of sp³-hybridized carbons (Fsp3) is 0.267. The van der Waals surface area contributed by atoms with Crippen molar-refractivity contribution in [1.82, 2.24) is 19.4 Å². The van der Waals surface area contributed by atoms with Gasteiger partial charge in [-0.2, -0.15) is 22.9 Å². The lowest BCUT2D eigenvalue weighted by Crippen LogP contribution is -2.12. The lowest BCUT2D eigenvalue weighted by Gasteiger charge is -2.04. The van der Waals surface area contributed by atoms with Gasteiger partial charge < -0.3 is 4.57 Å². The number of fused-ring (bicyclic) bond motifs is 1. The lowest BCUT2D eigenvalue weighted by molar-refractivity contribution is -0.147. The Labute approximate surface area is 140 Å². The van der Waals surface area contributed by atoms with Crippen molar-refractivity contribution < 1.29 is 13.2 Å². The summed E-state index contributed by atoms with van der Waals surface area (Å²) in [4.78, 5) is 0. The van der Waals surface area contributed by atoms with E-state index < -0.39 is 12.0 Å². The average molecular weight is 353 g/mol. The normalized spacial score (nSPS) is 12.5. The van der Waals surface area contributed by atoms with Crippen LogP contribution >= 0.6 is 12.2 Å². The minimum Gasteiger partial charge on any atom is -0.344 e. The number of nitrogens with one attached hydrogen (secondary N) is 1. The summed E-state index contributed by atoms with van der Waals surface area (Å²) in [6.07, 6.45) is -3.25. The van der Waals surface area contributed by atoms with E-state index in [0.29, 0.717) is 4.68 Å². The van der Waals surface area contributed by atoms with Crippen molar-refractivity contribution in [2.75, 3.05) is 0 Å². The summed E-state index contributed by atoms with van der Waals surface area (Å²) in [5.41, 5.74) is 2.68. The zero-order chi connectivity index (χ0) is 17.5. The zero-order valence-corrected chi connectivity index (χ0v) is 13.7. The minimum absolute atomic E-state index is 0.213. The molecular weight excluding hydrogens is 339 g/mol. The minimum atomic E-state index is -4.64. The van der Waals surface area contributed by atoms with E-state index in [1.54, 1.807) is 0 Å². The molecule has 1 N–H and O–H groups in total. The number of aromatic nitrogens is 4. The Morgan fingerprint density at radius 2 is 2.04 bits per heavy atom. The third kappa shape index (κ3) is 2.64. The largest absolute Gasteiger partial charge is 0.453 e. The van der Waals surface area contributed by atoms with Gasteiger partial charge in [-0.15, -0.1) is 5.10 Å². The molecule has 0 amide bonds. The molecule has 0 unspecified atom stereocenters. The molecule has 0 aliphatic rings. The summed E-state index contributed by atoms with van der Waals surface area (Å²) in [7, 11) is 0. The Hall–Kier alpha value is -2.42. The van der Waals surface area contributed by atoms with E-state index in [9.17, 15) is 13.2 Å². The number of rotatable bonds is 3. The molecule has 2 aromatic heterocycles. The second-order valence-electron chi connectivity index (χ2n) is 5.17. The predicted octanol–water partition coefficient (Wildman–Crippen LogP) is 4.12. The van der Waals surface area contributed by atoms with Crippen LogP contribution in [0.5, 0.6) is 0 Å². The molecular formula is C15H14F3N5S. The van der Waals surface area contributed by atoms with Crippen molar-refractivity contribution in [3.8, 4) is 0 Å². The highest BCUT2D eigenvalue weighted by Gasteiger charge is 2.37. The average Bonchev–Trinajstić information content (AvgIpc) is 3.02. The molecule has 5 nitrogen and oxygen atoms in total. The monoisotopic (exact) mass is 353 g/mol. The van der Waals surface area contributed by atoms with Crippen LogP contribution in [0.2, 0.25) is 0 Å². The number of alkyl halides is 3. The third-order valence-corrected chi connectivity index (χ3v) is 4.07. The van der Waals surface area contributed by atoms with Crippen LogP contribution in [0.3, 0.4) is 0 Å². The van der Waals surface area contributed by atoms with Gasteiger partial charge in [-0.25, -0.2) is 5.10 Å². The third-order valence-electron chi connectivity index (χ3n) is 3.80. The van der Waals surface area contributed by atoms with Crippen LogP contribution < -0.4 is 0 Å². The van der Waals surface area contributed by atoms with Gasteiger partial charge in [0, 0.05) is 28.7 Å². The molecule has 1 aromatic carbocycles. The van der Waals surface area contributed by atoms with Crippen LogP contribution in [0, 0.1) is 11.7 Å². The maximum atomic E-state index is 13.0. The molecule has 0 radical (unpaired) electrons. The molecule has 0 spiro atoms. The summed E-state index contributed by atoms with van der Waals surface area (Å²) < 4.78 is 41.3. The van der Waals surface area contributed by atoms with Crippen LogP contribution in [-0.2, 0) is 12.7 Å². The van der Waals surface area contributed by atoms with Crippen molar-refractivity contribution in [3.63, 3.8) is 0 Å². The quantitative estimate of drug-likeness (QED) is 0.569. The lowest BCUT2D eigenvalue weighted by atomic mass is 10.1. The standard InChI is InChI=1S/C15H14F3N5S/c1-3-22-9(2)11(10-6-4-5-7-12(10)22)8-19-23-13(15(16,17)18)20-21-14(23)24/h4-8H,3H2,1-2H3,(H,21,24)/b19-8-. The molecule has 126 valence electrons. The van der Waals surface area contributed by atoms with Crippen LogP contribution in [-0.4, -0.2) is 25.7 Å². The highest BCUT2D eigenvalue weighted by Crippen LogP contribution is 2.28. The van der Waals surface area contributed by atoms with Gasteiger partial charge in [0.05, 0.1) is 6.21 Å². The number of hydrogen-bond donors (Lipinski definition) is 1. The number of nitrogens with zero attached hydrogens (tertiary/aromatic N) is 4. The number of hydrogen-bond acceptors (Lipinski definition) is 3.